The fraction of sp³-hybridized carbons (Fsp3) is 0.939. The van der Waals surface area contributed by atoms with Gasteiger partial charge in [-0.2, -0.15) is 0 Å². The molecule has 0 bridgehead atoms. The SMILES string of the molecule is CC(C)CCCC(C)(C)C(=O)O.CC(C)CCCCCCCCCCCCCCCOC(=O)C(C)(C)C. The van der Waals surface area contributed by atoms with Gasteiger partial charge in [-0.3, -0.25) is 9.59 Å². The number of ether oxygens (including phenoxy) is 1. The van der Waals surface area contributed by atoms with Gasteiger partial charge in [0, 0.05) is 0 Å². The topological polar surface area (TPSA) is 63.6 Å². The molecule has 0 heterocycles. The molecule has 0 aromatic heterocycles. The van der Waals surface area contributed by atoms with Crippen LogP contribution in [-0.2, 0) is 14.3 Å². The van der Waals surface area contributed by atoms with E-state index in [-0.39, 0.29) is 11.4 Å². The molecule has 4 nitrogen and oxygen atoms in total. The van der Waals surface area contributed by atoms with Crippen molar-refractivity contribution in [2.24, 2.45) is 22.7 Å². The van der Waals surface area contributed by atoms with Gasteiger partial charge in [0.15, 0.2) is 0 Å². The monoisotopic (exact) mass is 526 g/mol. The van der Waals surface area contributed by atoms with E-state index in [1.54, 1.807) is 13.8 Å². The van der Waals surface area contributed by atoms with Gasteiger partial charge in [0.1, 0.15) is 0 Å². The van der Waals surface area contributed by atoms with Crippen molar-refractivity contribution in [3.05, 3.63) is 0 Å². The van der Waals surface area contributed by atoms with Crippen molar-refractivity contribution in [2.45, 2.75) is 171 Å². The van der Waals surface area contributed by atoms with E-state index in [1.807, 2.05) is 20.8 Å². The third kappa shape index (κ3) is 27.8. The highest BCUT2D eigenvalue weighted by Crippen LogP contribution is 2.24. The second-order valence-corrected chi connectivity index (χ2v) is 13.6. The highest BCUT2D eigenvalue weighted by atomic mass is 16.5. The van der Waals surface area contributed by atoms with Gasteiger partial charge in [-0.25, -0.2) is 0 Å². The van der Waals surface area contributed by atoms with Crippen molar-refractivity contribution in [2.75, 3.05) is 6.61 Å². The summed E-state index contributed by atoms with van der Waals surface area (Å²) in [4.78, 5) is 22.3. The molecule has 0 aliphatic carbocycles. The molecule has 0 radical (unpaired) electrons. The number of unbranched alkanes of at least 4 members (excludes halogenated alkanes) is 12. The summed E-state index contributed by atoms with van der Waals surface area (Å²) in [6.45, 7) is 18.8. The van der Waals surface area contributed by atoms with E-state index >= 15 is 0 Å². The molecule has 0 unspecified atom stereocenters. The second-order valence-electron chi connectivity index (χ2n) is 13.6. The summed E-state index contributed by atoms with van der Waals surface area (Å²) in [6.07, 6.45) is 21.9. The Bertz CT molecular complexity index is 543. The van der Waals surface area contributed by atoms with E-state index in [4.69, 9.17) is 9.84 Å². The molecule has 0 atom stereocenters. The van der Waals surface area contributed by atoms with Crippen molar-refractivity contribution in [1.82, 2.24) is 0 Å². The minimum atomic E-state index is -0.689. The van der Waals surface area contributed by atoms with Crippen LogP contribution < -0.4 is 0 Å². The van der Waals surface area contributed by atoms with E-state index in [0.29, 0.717) is 12.5 Å². The van der Waals surface area contributed by atoms with E-state index in [9.17, 15) is 9.59 Å². The van der Waals surface area contributed by atoms with E-state index in [1.165, 1.54) is 83.5 Å². The molecule has 222 valence electrons. The van der Waals surface area contributed by atoms with Crippen LogP contribution in [0, 0.1) is 22.7 Å². The van der Waals surface area contributed by atoms with Gasteiger partial charge in [0.05, 0.1) is 17.4 Å². The Morgan fingerprint density at radius 1 is 0.595 bits per heavy atom. The molecular formula is C33H66O4. The smallest absolute Gasteiger partial charge is 0.311 e. The van der Waals surface area contributed by atoms with Crippen LogP contribution in [0.15, 0.2) is 0 Å². The van der Waals surface area contributed by atoms with Gasteiger partial charge in [-0.05, 0) is 59.3 Å². The van der Waals surface area contributed by atoms with E-state index in [2.05, 4.69) is 27.7 Å². The van der Waals surface area contributed by atoms with Crippen LogP contribution in [0.2, 0.25) is 0 Å². The number of carboxylic acids is 1. The summed E-state index contributed by atoms with van der Waals surface area (Å²) in [5.41, 5.74) is -0.914. The Kier molecular flexibility index (Phi) is 23.6. The molecule has 0 aliphatic rings. The van der Waals surface area contributed by atoms with E-state index < -0.39 is 11.4 Å². The summed E-state index contributed by atoms with van der Waals surface area (Å²) < 4.78 is 5.29. The largest absolute Gasteiger partial charge is 0.481 e. The number of hydrogen-bond acceptors (Lipinski definition) is 3. The fourth-order valence-corrected chi connectivity index (χ4v) is 4.04. The molecule has 0 fully saturated rings. The minimum absolute atomic E-state index is 0.0765. The van der Waals surface area contributed by atoms with Crippen molar-refractivity contribution in [3.8, 4) is 0 Å². The lowest BCUT2D eigenvalue weighted by Gasteiger charge is -2.18. The highest BCUT2D eigenvalue weighted by molar-refractivity contribution is 5.75. The first kappa shape index (κ1) is 38.1. The van der Waals surface area contributed by atoms with Gasteiger partial charge < -0.3 is 9.84 Å². The van der Waals surface area contributed by atoms with Crippen molar-refractivity contribution >= 4 is 11.9 Å². The molecule has 0 aromatic carbocycles. The third-order valence-corrected chi connectivity index (χ3v) is 6.93. The maximum Gasteiger partial charge on any atom is 0.311 e. The quantitative estimate of drug-likeness (QED) is 0.119. The normalized spacial score (nSPS) is 12.0. The molecule has 0 spiro atoms. The third-order valence-electron chi connectivity index (χ3n) is 6.93. The number of carboxylic acid groups (broad SMARTS) is 1. The van der Waals surface area contributed by atoms with Gasteiger partial charge in [0.2, 0.25) is 0 Å². The zero-order valence-electron chi connectivity index (χ0n) is 26.6. The number of rotatable bonds is 21. The van der Waals surface area contributed by atoms with Crippen LogP contribution in [-0.4, -0.2) is 23.7 Å². The summed E-state index contributed by atoms with van der Waals surface area (Å²) in [7, 11) is 0. The summed E-state index contributed by atoms with van der Waals surface area (Å²) >= 11 is 0. The number of aliphatic carboxylic acids is 1. The number of hydrogen-bond donors (Lipinski definition) is 1. The lowest BCUT2D eigenvalue weighted by Crippen LogP contribution is -2.23. The lowest BCUT2D eigenvalue weighted by atomic mass is 9.86. The maximum absolute atomic E-state index is 11.6. The van der Waals surface area contributed by atoms with Crippen LogP contribution in [0.4, 0.5) is 0 Å². The number of carbonyl (C=O) groups excluding carboxylic acids is 1. The van der Waals surface area contributed by atoms with Crippen molar-refractivity contribution in [3.63, 3.8) is 0 Å². The molecule has 0 saturated carbocycles. The molecule has 0 aromatic rings. The van der Waals surface area contributed by atoms with Crippen molar-refractivity contribution in [1.29, 1.82) is 0 Å². The highest BCUT2D eigenvalue weighted by Gasteiger charge is 2.26. The van der Waals surface area contributed by atoms with Crippen LogP contribution in [0.1, 0.15) is 171 Å². The van der Waals surface area contributed by atoms with Gasteiger partial charge >= 0.3 is 11.9 Å². The van der Waals surface area contributed by atoms with Crippen LogP contribution in [0.25, 0.3) is 0 Å². The number of esters is 1. The Balaban J connectivity index is 0. The molecule has 0 amide bonds. The predicted molar refractivity (Wildman–Crippen MR) is 160 cm³/mol. The number of carbonyl (C=O) groups is 2. The summed E-state index contributed by atoms with van der Waals surface area (Å²) in [5, 5.41) is 8.81. The van der Waals surface area contributed by atoms with Crippen LogP contribution in [0.3, 0.4) is 0 Å². The zero-order chi connectivity index (χ0) is 28.7. The van der Waals surface area contributed by atoms with Crippen LogP contribution >= 0.6 is 0 Å². The Hall–Kier alpha value is -1.06. The average molecular weight is 527 g/mol. The fourth-order valence-electron chi connectivity index (χ4n) is 4.04. The molecule has 4 heteroatoms. The van der Waals surface area contributed by atoms with Crippen molar-refractivity contribution < 1.29 is 19.4 Å². The van der Waals surface area contributed by atoms with E-state index in [0.717, 1.165) is 31.6 Å². The molecular weight excluding hydrogens is 460 g/mol. The first-order chi connectivity index (χ1) is 17.2. The summed E-state index contributed by atoms with van der Waals surface area (Å²) in [6, 6.07) is 0. The van der Waals surface area contributed by atoms with Gasteiger partial charge in [-0.1, -0.05) is 124 Å². The van der Waals surface area contributed by atoms with Gasteiger partial charge in [-0.15, -0.1) is 0 Å². The van der Waals surface area contributed by atoms with Crippen LogP contribution in [0.5, 0.6) is 0 Å². The first-order valence-corrected chi connectivity index (χ1v) is 15.6. The second kappa shape index (κ2) is 22.9. The zero-order valence-corrected chi connectivity index (χ0v) is 26.6. The molecule has 0 saturated heterocycles. The lowest BCUT2D eigenvalue weighted by molar-refractivity contribution is -0.153. The Morgan fingerprint density at radius 3 is 1.30 bits per heavy atom. The standard InChI is InChI=1S/C23H46O2.C10H20O2/c1-21(2)19-17-15-13-11-9-7-6-8-10-12-14-16-18-20-25-22(24)23(3,4)5;1-8(2)6-5-7-10(3,4)9(11)12/h21H,6-20H2,1-5H3;8H,5-7H2,1-4H3,(H,11,12). The van der Waals surface area contributed by atoms with Gasteiger partial charge in [0.25, 0.3) is 0 Å². The summed E-state index contributed by atoms with van der Waals surface area (Å²) in [5.74, 6) is 0.784. The Morgan fingerprint density at radius 2 is 0.946 bits per heavy atom. The maximum atomic E-state index is 11.6. The molecule has 0 aliphatic heterocycles. The first-order valence-electron chi connectivity index (χ1n) is 15.6. The predicted octanol–water partition coefficient (Wildman–Crippen LogP) is 10.6. The minimum Gasteiger partial charge on any atom is -0.481 e. The average Bonchev–Trinajstić information content (AvgIpc) is 2.77. The molecule has 0 rings (SSSR count). The molecule has 1 N–H and O–H groups in total. The molecule has 37 heavy (non-hydrogen) atoms. The Labute approximate surface area is 232 Å².